The topological polar surface area (TPSA) is 115 Å². The van der Waals surface area contributed by atoms with E-state index in [1.165, 1.54) is 0 Å². The van der Waals surface area contributed by atoms with Crippen LogP contribution < -0.4 is 5.11 Å². The Morgan fingerprint density at radius 3 is 1.63 bits per heavy atom. The van der Waals surface area contributed by atoms with Gasteiger partial charge in [-0.2, -0.15) is 0 Å². The Morgan fingerprint density at radius 2 is 1.27 bits per heavy atom. The largest absolute Gasteiger partial charge is 0.544 e. The van der Waals surface area contributed by atoms with Gasteiger partial charge >= 0.3 is 11.9 Å². The van der Waals surface area contributed by atoms with E-state index in [9.17, 15) is 29.7 Å². The fraction of sp³-hybridized carbons (Fsp3) is 0.783. The summed E-state index contributed by atoms with van der Waals surface area (Å²) in [7, 11) is 0. The molecule has 0 aromatic heterocycles. The quantitative estimate of drug-likeness (QED) is 0.197. The second kappa shape index (κ2) is 15.0. The SMILES string of the molecule is CC/C=C/CCCC[N+](C(CCC)C(=O)[O-])(C(CCC)C(=O)O)C(CCC)C(=O)O. The summed E-state index contributed by atoms with van der Waals surface area (Å²) < 4.78 is -0.458. The molecule has 0 saturated carbocycles. The van der Waals surface area contributed by atoms with Gasteiger partial charge in [-0.1, -0.05) is 46.3 Å². The van der Waals surface area contributed by atoms with Crippen LogP contribution in [0.15, 0.2) is 12.2 Å². The van der Waals surface area contributed by atoms with E-state index in [1.54, 1.807) is 0 Å². The Morgan fingerprint density at radius 1 is 0.800 bits per heavy atom. The monoisotopic (exact) mass is 427 g/mol. The van der Waals surface area contributed by atoms with Gasteiger partial charge in [0.15, 0.2) is 12.1 Å². The number of carboxylic acid groups (broad SMARTS) is 3. The second-order valence-corrected chi connectivity index (χ2v) is 8.00. The summed E-state index contributed by atoms with van der Waals surface area (Å²) in [5.74, 6) is -3.62. The van der Waals surface area contributed by atoms with Crippen LogP contribution in [0.25, 0.3) is 0 Å². The zero-order chi connectivity index (χ0) is 23.2. The molecule has 0 rings (SSSR count). The molecule has 0 bridgehead atoms. The highest BCUT2D eigenvalue weighted by Gasteiger charge is 2.54. The fourth-order valence-corrected chi connectivity index (χ4v) is 4.57. The molecule has 0 aliphatic rings. The Labute approximate surface area is 181 Å². The molecule has 3 unspecified atom stereocenters. The van der Waals surface area contributed by atoms with Crippen LogP contribution in [-0.2, 0) is 14.4 Å². The number of unbranched alkanes of at least 4 members (excludes halogenated alkanes) is 2. The van der Waals surface area contributed by atoms with Gasteiger partial charge in [-0.25, -0.2) is 9.59 Å². The number of nitrogens with zero attached hydrogens (tertiary/aromatic N) is 1. The van der Waals surface area contributed by atoms with E-state index >= 15 is 0 Å². The minimum absolute atomic E-state index is 0.194. The summed E-state index contributed by atoms with van der Waals surface area (Å²) in [4.78, 5) is 36.9. The van der Waals surface area contributed by atoms with Crippen LogP contribution in [0, 0.1) is 0 Å². The molecule has 7 nitrogen and oxygen atoms in total. The molecule has 3 atom stereocenters. The lowest BCUT2D eigenvalue weighted by molar-refractivity contribution is -0.975. The van der Waals surface area contributed by atoms with Crippen LogP contribution >= 0.6 is 0 Å². The number of carbonyl (C=O) groups is 3. The molecule has 0 amide bonds. The molecule has 0 spiro atoms. The van der Waals surface area contributed by atoms with Gasteiger partial charge in [0.05, 0.1) is 12.5 Å². The number of hydrogen-bond acceptors (Lipinski definition) is 4. The van der Waals surface area contributed by atoms with Crippen molar-refractivity contribution in [3.05, 3.63) is 12.2 Å². The number of quaternary nitrogens is 1. The van der Waals surface area contributed by atoms with Gasteiger partial charge in [0.25, 0.3) is 0 Å². The van der Waals surface area contributed by atoms with Crippen LogP contribution in [0.4, 0.5) is 0 Å². The Kier molecular flexibility index (Phi) is 14.0. The van der Waals surface area contributed by atoms with Crippen molar-refractivity contribution in [2.45, 2.75) is 110 Å². The van der Waals surface area contributed by atoms with Gasteiger partial charge in [-0.15, -0.1) is 0 Å². The lowest BCUT2D eigenvalue weighted by atomic mass is 9.91. The van der Waals surface area contributed by atoms with Gasteiger partial charge in [-0.05, 0) is 38.5 Å². The standard InChI is InChI=1S/C23H41NO6/c1-5-9-10-11-12-13-17-24(18(14-6-2)21(25)26,19(15-7-3)22(27)28)20(16-8-4)23(29)30/h9-10,18-20H,5-8,11-17H2,1-4H3,(H2-,25,26,27,28,29,30)/b10-9+. The number of rotatable bonds is 18. The molecule has 174 valence electrons. The van der Waals surface area contributed by atoms with E-state index in [2.05, 4.69) is 12.2 Å². The number of allylic oxidation sites excluding steroid dienone is 2. The molecule has 0 radical (unpaired) electrons. The summed E-state index contributed by atoms with van der Waals surface area (Å²) in [6, 6.07) is -3.35. The fourth-order valence-electron chi connectivity index (χ4n) is 4.57. The molecule has 7 heteroatoms. The smallest absolute Gasteiger partial charge is 0.362 e. The summed E-state index contributed by atoms with van der Waals surface area (Å²) in [5, 5.41) is 32.4. The van der Waals surface area contributed by atoms with Crippen molar-refractivity contribution in [1.82, 2.24) is 0 Å². The predicted octanol–water partition coefficient (Wildman–Crippen LogP) is 3.36. The van der Waals surface area contributed by atoms with Crippen LogP contribution in [0.1, 0.15) is 91.9 Å². The van der Waals surface area contributed by atoms with Crippen LogP contribution in [0.2, 0.25) is 0 Å². The van der Waals surface area contributed by atoms with Crippen LogP contribution in [0.5, 0.6) is 0 Å². The summed E-state index contributed by atoms with van der Waals surface area (Å²) in [6.07, 6.45) is 9.36. The van der Waals surface area contributed by atoms with Gasteiger partial charge in [0.2, 0.25) is 0 Å². The number of hydrogen-bond donors (Lipinski definition) is 2. The molecule has 0 fully saturated rings. The predicted molar refractivity (Wildman–Crippen MR) is 115 cm³/mol. The van der Waals surface area contributed by atoms with E-state index in [-0.39, 0.29) is 25.8 Å². The first-order valence-corrected chi connectivity index (χ1v) is 11.4. The zero-order valence-electron chi connectivity index (χ0n) is 19.1. The third kappa shape index (κ3) is 7.74. The van der Waals surface area contributed by atoms with E-state index < -0.39 is 40.5 Å². The molecule has 2 N–H and O–H groups in total. The van der Waals surface area contributed by atoms with E-state index in [1.807, 2.05) is 27.7 Å². The van der Waals surface area contributed by atoms with E-state index in [0.29, 0.717) is 25.7 Å². The normalized spacial score (nSPS) is 16.7. The first kappa shape index (κ1) is 28.1. The Bertz CT molecular complexity index is 500. The van der Waals surface area contributed by atoms with Crippen LogP contribution in [0.3, 0.4) is 0 Å². The molecule has 0 aromatic carbocycles. The van der Waals surface area contributed by atoms with Crippen molar-refractivity contribution in [3.8, 4) is 0 Å². The summed E-state index contributed by atoms with van der Waals surface area (Å²) in [5.41, 5.74) is 0. The highest BCUT2D eigenvalue weighted by Crippen LogP contribution is 2.34. The second-order valence-electron chi connectivity index (χ2n) is 8.00. The van der Waals surface area contributed by atoms with Crippen molar-refractivity contribution < 1.29 is 34.2 Å². The highest BCUT2D eigenvalue weighted by molar-refractivity contribution is 5.77. The molecule has 0 heterocycles. The van der Waals surface area contributed by atoms with Crippen molar-refractivity contribution in [2.75, 3.05) is 6.54 Å². The Balaban J connectivity index is 6.47. The molecule has 0 aliphatic heterocycles. The molecular formula is C23H41NO6. The van der Waals surface area contributed by atoms with Gasteiger partial charge in [-0.3, -0.25) is 4.48 Å². The maximum Gasteiger partial charge on any atom is 0.362 e. The molecule has 0 saturated heterocycles. The van der Waals surface area contributed by atoms with Crippen molar-refractivity contribution in [3.63, 3.8) is 0 Å². The molecule has 30 heavy (non-hydrogen) atoms. The van der Waals surface area contributed by atoms with Crippen molar-refractivity contribution >= 4 is 17.9 Å². The Hall–Kier alpha value is -1.89. The molecular weight excluding hydrogens is 386 g/mol. The first-order valence-electron chi connectivity index (χ1n) is 11.4. The van der Waals surface area contributed by atoms with E-state index in [0.717, 1.165) is 19.3 Å². The zero-order valence-corrected chi connectivity index (χ0v) is 19.1. The van der Waals surface area contributed by atoms with Gasteiger partial charge < -0.3 is 20.1 Å². The average molecular weight is 428 g/mol. The number of carboxylic acids is 3. The maximum absolute atomic E-state index is 12.3. The minimum atomic E-state index is -1.35. The number of aliphatic carboxylic acids is 3. The average Bonchev–Trinajstić information content (AvgIpc) is 2.68. The van der Waals surface area contributed by atoms with E-state index in [4.69, 9.17) is 0 Å². The van der Waals surface area contributed by atoms with Crippen molar-refractivity contribution in [1.29, 1.82) is 0 Å². The van der Waals surface area contributed by atoms with Gasteiger partial charge in [0, 0.05) is 19.3 Å². The third-order valence-electron chi connectivity index (χ3n) is 5.84. The lowest BCUT2D eigenvalue weighted by Crippen LogP contribution is -2.74. The minimum Gasteiger partial charge on any atom is -0.544 e. The maximum atomic E-state index is 12.3. The first-order chi connectivity index (χ1) is 14.2. The molecule has 0 aromatic rings. The van der Waals surface area contributed by atoms with Crippen molar-refractivity contribution in [2.24, 2.45) is 0 Å². The summed E-state index contributed by atoms with van der Waals surface area (Å²) in [6.45, 7) is 7.74. The third-order valence-corrected chi connectivity index (χ3v) is 5.84. The lowest BCUT2D eigenvalue weighted by Gasteiger charge is -2.52. The number of carbonyl (C=O) groups excluding carboxylic acids is 1. The molecule has 0 aliphatic carbocycles. The summed E-state index contributed by atoms with van der Waals surface area (Å²) >= 11 is 0. The van der Waals surface area contributed by atoms with Gasteiger partial charge in [0.1, 0.15) is 6.04 Å². The van der Waals surface area contributed by atoms with Crippen LogP contribution in [-0.4, -0.2) is 57.3 Å². The highest BCUT2D eigenvalue weighted by atomic mass is 16.4.